The van der Waals surface area contributed by atoms with E-state index < -0.39 is 0 Å². The Hall–Kier alpha value is -0.860. The van der Waals surface area contributed by atoms with Crippen LogP contribution in [0.3, 0.4) is 0 Å². The summed E-state index contributed by atoms with van der Waals surface area (Å²) in [5.74, 6) is 0. The SMILES string of the molecule is c1cc2c(c(C3COCCN3)c1)CCCC2. The van der Waals surface area contributed by atoms with Gasteiger partial charge in [0.2, 0.25) is 0 Å². The molecule has 1 N–H and O–H groups in total. The molecule has 0 bridgehead atoms. The maximum Gasteiger partial charge on any atom is 0.0662 e. The zero-order valence-corrected chi connectivity index (χ0v) is 9.67. The van der Waals surface area contributed by atoms with Gasteiger partial charge in [-0.1, -0.05) is 18.2 Å². The van der Waals surface area contributed by atoms with E-state index in [0.717, 1.165) is 19.8 Å². The van der Waals surface area contributed by atoms with Crippen LogP contribution in [-0.4, -0.2) is 19.8 Å². The van der Waals surface area contributed by atoms with Gasteiger partial charge in [0.1, 0.15) is 0 Å². The quantitative estimate of drug-likeness (QED) is 0.779. The zero-order valence-electron chi connectivity index (χ0n) is 9.67. The molecular formula is C14H19NO. The van der Waals surface area contributed by atoms with E-state index >= 15 is 0 Å². The molecule has 0 saturated carbocycles. The van der Waals surface area contributed by atoms with Crippen molar-refractivity contribution >= 4 is 0 Å². The molecule has 0 radical (unpaired) electrons. The van der Waals surface area contributed by atoms with Crippen molar-refractivity contribution in [2.24, 2.45) is 0 Å². The number of rotatable bonds is 1. The Bertz CT molecular complexity index is 369. The molecule has 0 amide bonds. The van der Waals surface area contributed by atoms with Crippen LogP contribution in [0.2, 0.25) is 0 Å². The number of aryl methyl sites for hydroxylation is 1. The van der Waals surface area contributed by atoms with Crippen molar-refractivity contribution in [1.82, 2.24) is 5.32 Å². The van der Waals surface area contributed by atoms with Crippen LogP contribution >= 0.6 is 0 Å². The second-order valence-electron chi connectivity index (χ2n) is 4.77. The lowest BCUT2D eigenvalue weighted by Crippen LogP contribution is -2.35. The third-order valence-corrected chi connectivity index (χ3v) is 3.73. The van der Waals surface area contributed by atoms with E-state index in [0.29, 0.717) is 6.04 Å². The van der Waals surface area contributed by atoms with Crippen molar-refractivity contribution < 1.29 is 4.74 Å². The smallest absolute Gasteiger partial charge is 0.0662 e. The minimum Gasteiger partial charge on any atom is -0.378 e. The summed E-state index contributed by atoms with van der Waals surface area (Å²) in [6.07, 6.45) is 5.21. The molecule has 1 atom stereocenters. The summed E-state index contributed by atoms with van der Waals surface area (Å²) in [6.45, 7) is 2.66. The summed E-state index contributed by atoms with van der Waals surface area (Å²) in [6, 6.07) is 7.19. The molecule has 1 aromatic rings. The largest absolute Gasteiger partial charge is 0.378 e. The lowest BCUT2D eigenvalue weighted by atomic mass is 9.86. The predicted molar refractivity (Wildman–Crippen MR) is 64.6 cm³/mol. The molecular weight excluding hydrogens is 198 g/mol. The maximum atomic E-state index is 5.57. The first-order valence-corrected chi connectivity index (χ1v) is 6.37. The van der Waals surface area contributed by atoms with Crippen LogP contribution in [-0.2, 0) is 17.6 Å². The molecule has 16 heavy (non-hydrogen) atoms. The van der Waals surface area contributed by atoms with Crippen LogP contribution in [0.25, 0.3) is 0 Å². The third-order valence-electron chi connectivity index (χ3n) is 3.73. The summed E-state index contributed by atoms with van der Waals surface area (Å²) in [5, 5.41) is 3.56. The number of morpholine rings is 1. The number of benzene rings is 1. The number of fused-ring (bicyclic) bond motifs is 1. The molecule has 2 nitrogen and oxygen atoms in total. The highest BCUT2D eigenvalue weighted by atomic mass is 16.5. The fraction of sp³-hybridized carbons (Fsp3) is 0.571. The van der Waals surface area contributed by atoms with E-state index in [1.807, 2.05) is 0 Å². The predicted octanol–water partition coefficient (Wildman–Crippen LogP) is 2.23. The number of hydrogen-bond donors (Lipinski definition) is 1. The van der Waals surface area contributed by atoms with Gasteiger partial charge in [-0.3, -0.25) is 0 Å². The molecule has 1 heterocycles. The molecule has 0 aromatic heterocycles. The molecule has 3 rings (SSSR count). The van der Waals surface area contributed by atoms with Crippen LogP contribution in [0, 0.1) is 0 Å². The first-order valence-electron chi connectivity index (χ1n) is 6.37. The number of hydrogen-bond acceptors (Lipinski definition) is 2. The Kier molecular flexibility index (Phi) is 2.94. The Balaban J connectivity index is 1.93. The van der Waals surface area contributed by atoms with Gasteiger partial charge in [0.25, 0.3) is 0 Å². The monoisotopic (exact) mass is 217 g/mol. The van der Waals surface area contributed by atoms with Crippen LogP contribution in [0.4, 0.5) is 0 Å². The second kappa shape index (κ2) is 4.56. The first-order chi connectivity index (χ1) is 7.95. The van der Waals surface area contributed by atoms with Crippen LogP contribution in [0.15, 0.2) is 18.2 Å². The summed E-state index contributed by atoms with van der Waals surface area (Å²) in [5.41, 5.74) is 4.64. The lowest BCUT2D eigenvalue weighted by Gasteiger charge is -2.28. The van der Waals surface area contributed by atoms with Crippen molar-refractivity contribution in [3.8, 4) is 0 Å². The van der Waals surface area contributed by atoms with Gasteiger partial charge in [-0.25, -0.2) is 0 Å². The Morgan fingerprint density at radius 1 is 1.19 bits per heavy atom. The van der Waals surface area contributed by atoms with Gasteiger partial charge < -0.3 is 10.1 Å². The minimum absolute atomic E-state index is 0.418. The highest BCUT2D eigenvalue weighted by Crippen LogP contribution is 2.29. The molecule has 2 aliphatic rings. The fourth-order valence-electron chi connectivity index (χ4n) is 2.90. The molecule has 1 fully saturated rings. The topological polar surface area (TPSA) is 21.3 Å². The van der Waals surface area contributed by atoms with Crippen LogP contribution in [0.1, 0.15) is 35.6 Å². The van der Waals surface area contributed by atoms with Gasteiger partial charge in [0.15, 0.2) is 0 Å². The van der Waals surface area contributed by atoms with E-state index in [2.05, 4.69) is 23.5 Å². The van der Waals surface area contributed by atoms with Gasteiger partial charge >= 0.3 is 0 Å². The molecule has 1 saturated heterocycles. The van der Waals surface area contributed by atoms with Crippen molar-refractivity contribution in [3.63, 3.8) is 0 Å². The lowest BCUT2D eigenvalue weighted by molar-refractivity contribution is 0.0765. The number of ether oxygens (including phenoxy) is 1. The van der Waals surface area contributed by atoms with Crippen molar-refractivity contribution in [2.75, 3.05) is 19.8 Å². The average Bonchev–Trinajstić information content (AvgIpc) is 2.39. The van der Waals surface area contributed by atoms with E-state index in [4.69, 9.17) is 4.74 Å². The van der Waals surface area contributed by atoms with E-state index in [1.54, 1.807) is 11.1 Å². The highest BCUT2D eigenvalue weighted by Gasteiger charge is 2.21. The molecule has 86 valence electrons. The van der Waals surface area contributed by atoms with E-state index in [-0.39, 0.29) is 0 Å². The first kappa shape index (κ1) is 10.3. The van der Waals surface area contributed by atoms with Gasteiger partial charge in [0.05, 0.1) is 19.3 Å². The van der Waals surface area contributed by atoms with Crippen LogP contribution < -0.4 is 5.32 Å². The van der Waals surface area contributed by atoms with Crippen LogP contribution in [0.5, 0.6) is 0 Å². The zero-order chi connectivity index (χ0) is 10.8. The summed E-state index contributed by atoms with van der Waals surface area (Å²) in [7, 11) is 0. The third kappa shape index (κ3) is 1.87. The molecule has 0 spiro atoms. The highest BCUT2D eigenvalue weighted by molar-refractivity contribution is 5.39. The van der Waals surface area contributed by atoms with Crippen molar-refractivity contribution in [2.45, 2.75) is 31.7 Å². The molecule has 1 aliphatic heterocycles. The summed E-state index contributed by atoms with van der Waals surface area (Å²) < 4.78 is 5.57. The normalized spacial score (nSPS) is 25.1. The summed E-state index contributed by atoms with van der Waals surface area (Å²) >= 11 is 0. The van der Waals surface area contributed by atoms with Gasteiger partial charge in [-0.05, 0) is 42.4 Å². The fourth-order valence-corrected chi connectivity index (χ4v) is 2.90. The van der Waals surface area contributed by atoms with Gasteiger partial charge in [-0.15, -0.1) is 0 Å². The standard InChI is InChI=1S/C14H19NO/c1-2-6-12-11(4-1)5-3-7-13(12)14-10-16-9-8-15-14/h3,5,7,14-15H,1-2,4,6,8-10H2. The summed E-state index contributed by atoms with van der Waals surface area (Å²) in [4.78, 5) is 0. The van der Waals surface area contributed by atoms with Crippen molar-refractivity contribution in [1.29, 1.82) is 0 Å². The second-order valence-corrected chi connectivity index (χ2v) is 4.77. The average molecular weight is 217 g/mol. The molecule has 1 aliphatic carbocycles. The Morgan fingerprint density at radius 3 is 3.00 bits per heavy atom. The Morgan fingerprint density at radius 2 is 2.12 bits per heavy atom. The molecule has 1 aromatic carbocycles. The number of nitrogens with one attached hydrogen (secondary N) is 1. The molecule has 2 heteroatoms. The minimum atomic E-state index is 0.418. The molecule has 1 unspecified atom stereocenters. The van der Waals surface area contributed by atoms with Gasteiger partial charge in [0, 0.05) is 6.54 Å². The maximum absolute atomic E-state index is 5.57. The Labute approximate surface area is 97.0 Å². The van der Waals surface area contributed by atoms with Crippen molar-refractivity contribution in [3.05, 3.63) is 34.9 Å². The van der Waals surface area contributed by atoms with Gasteiger partial charge in [-0.2, -0.15) is 0 Å². The van der Waals surface area contributed by atoms with E-state index in [1.165, 1.54) is 31.2 Å². The van der Waals surface area contributed by atoms with E-state index in [9.17, 15) is 0 Å².